The topological polar surface area (TPSA) is 112 Å². The minimum atomic E-state index is -1.13. The molecule has 134 valence electrons. The fourth-order valence-corrected chi connectivity index (χ4v) is 3.92. The van der Waals surface area contributed by atoms with Crippen molar-refractivity contribution in [2.24, 2.45) is 5.11 Å². The van der Waals surface area contributed by atoms with Crippen molar-refractivity contribution in [3.05, 3.63) is 0 Å². The zero-order valence-electron chi connectivity index (χ0n) is 14.5. The number of carbonyl (C=O) groups excluding carboxylic acids is 1. The van der Waals surface area contributed by atoms with Gasteiger partial charge in [0.1, 0.15) is 11.6 Å². The molecular formula is C14H27N3O4S2. The molecule has 7 nitrogen and oxygen atoms in total. The predicted molar refractivity (Wildman–Crippen MR) is 94.1 cm³/mol. The van der Waals surface area contributed by atoms with Gasteiger partial charge in [-0.3, -0.25) is 0 Å². The highest BCUT2D eigenvalue weighted by molar-refractivity contribution is 8.77. The van der Waals surface area contributed by atoms with Crippen molar-refractivity contribution in [2.45, 2.75) is 69.6 Å². The maximum atomic E-state index is 11.8. The molecule has 3 N–H and O–H groups in total. The van der Waals surface area contributed by atoms with Gasteiger partial charge in [-0.1, -0.05) is 42.4 Å². The van der Waals surface area contributed by atoms with Crippen molar-refractivity contribution in [3.63, 3.8) is 0 Å². The summed E-state index contributed by atoms with van der Waals surface area (Å²) in [6, 6.07) is -1.08. The van der Waals surface area contributed by atoms with E-state index < -0.39 is 23.7 Å². The Hall–Kier alpha value is -0.960. The molecule has 0 heterocycles. The molecule has 0 aromatic rings. The Morgan fingerprint density at radius 3 is 2.22 bits per heavy atom. The third-order valence-corrected chi connectivity index (χ3v) is 6.03. The summed E-state index contributed by atoms with van der Waals surface area (Å²) in [5.74, 6) is -1.13. The average Bonchev–Trinajstić information content (AvgIpc) is 2.31. The summed E-state index contributed by atoms with van der Waals surface area (Å²) in [7, 11) is 3.09. The summed E-state index contributed by atoms with van der Waals surface area (Å²) in [4.78, 5) is 23.1. The molecule has 0 rings (SSSR count). The zero-order chi connectivity index (χ0) is 18.3. The zero-order valence-corrected chi connectivity index (χ0v) is 16.1. The van der Waals surface area contributed by atoms with Crippen molar-refractivity contribution in [2.75, 3.05) is 6.54 Å². The molecule has 0 saturated heterocycles. The molecule has 0 bridgehead atoms. The molecule has 1 unspecified atom stereocenters. The quantitative estimate of drug-likeness (QED) is 0.444. The lowest BCUT2D eigenvalue weighted by Crippen LogP contribution is -2.45. The van der Waals surface area contributed by atoms with Crippen LogP contribution in [0, 0.1) is 5.53 Å². The van der Waals surface area contributed by atoms with E-state index in [1.54, 1.807) is 31.6 Å². The van der Waals surface area contributed by atoms with Crippen LogP contribution in [0.15, 0.2) is 5.11 Å². The number of hydrogen-bond acceptors (Lipinski definition) is 7. The first-order valence-corrected chi connectivity index (χ1v) is 9.45. The molecule has 0 aliphatic carbocycles. The summed E-state index contributed by atoms with van der Waals surface area (Å²) in [5, 5.41) is 14.9. The number of carboxylic acids is 1. The summed E-state index contributed by atoms with van der Waals surface area (Å²) < 4.78 is 5.09. The molecule has 23 heavy (non-hydrogen) atoms. The molecule has 0 fully saturated rings. The Kier molecular flexibility index (Phi) is 8.97. The number of rotatable bonds is 8. The summed E-state index contributed by atoms with van der Waals surface area (Å²) in [5.41, 5.74) is 6.33. The highest BCUT2D eigenvalue weighted by Crippen LogP contribution is 2.39. The van der Waals surface area contributed by atoms with E-state index in [-0.39, 0.29) is 23.0 Å². The van der Waals surface area contributed by atoms with Crippen molar-refractivity contribution in [1.29, 1.82) is 5.53 Å². The molecule has 0 radical (unpaired) electrons. The Labute approximate surface area is 145 Å². The van der Waals surface area contributed by atoms with Gasteiger partial charge in [0.05, 0.1) is 6.54 Å². The Bertz CT molecular complexity index is 419. The number of carbonyl (C=O) groups is 2. The van der Waals surface area contributed by atoms with Gasteiger partial charge in [-0.25, -0.2) is 15.1 Å². The number of alkyl carbamates (subject to hydrolysis) is 1. The van der Waals surface area contributed by atoms with E-state index in [1.807, 2.05) is 20.8 Å². The maximum Gasteiger partial charge on any atom is 0.408 e. The second-order valence-electron chi connectivity index (χ2n) is 7.03. The molecule has 0 saturated carbocycles. The first-order valence-electron chi connectivity index (χ1n) is 7.24. The lowest BCUT2D eigenvalue weighted by Gasteiger charge is -2.25. The van der Waals surface area contributed by atoms with E-state index in [0.717, 1.165) is 0 Å². The first-order chi connectivity index (χ1) is 10.3. The molecular weight excluding hydrogens is 338 g/mol. The van der Waals surface area contributed by atoms with E-state index in [0.29, 0.717) is 0 Å². The third kappa shape index (κ3) is 12.2. The highest BCUT2D eigenvalue weighted by Gasteiger charge is 2.28. The van der Waals surface area contributed by atoms with Crippen LogP contribution in [0.4, 0.5) is 4.79 Å². The third-order valence-electron chi connectivity index (χ3n) is 2.22. The van der Waals surface area contributed by atoms with Crippen molar-refractivity contribution in [1.82, 2.24) is 5.32 Å². The van der Waals surface area contributed by atoms with E-state index in [4.69, 9.17) is 10.3 Å². The summed E-state index contributed by atoms with van der Waals surface area (Å²) in [6.45, 7) is 11.5. The van der Waals surface area contributed by atoms with Gasteiger partial charge in [0.15, 0.2) is 0 Å². The summed E-state index contributed by atoms with van der Waals surface area (Å²) >= 11 is 0. The van der Waals surface area contributed by atoms with Gasteiger partial charge in [-0.2, -0.15) is 5.11 Å². The lowest BCUT2D eigenvalue weighted by atomic mass is 10.1. The van der Waals surface area contributed by atoms with Gasteiger partial charge >= 0.3 is 12.1 Å². The van der Waals surface area contributed by atoms with Crippen molar-refractivity contribution >= 4 is 33.7 Å². The van der Waals surface area contributed by atoms with E-state index in [1.165, 1.54) is 10.8 Å². The van der Waals surface area contributed by atoms with E-state index in [9.17, 15) is 14.7 Å². The molecule has 9 heteroatoms. The lowest BCUT2D eigenvalue weighted by molar-refractivity contribution is -0.139. The molecule has 2 atom stereocenters. The van der Waals surface area contributed by atoms with Crippen LogP contribution < -0.4 is 5.32 Å². The Morgan fingerprint density at radius 1 is 1.26 bits per heavy atom. The SMILES string of the molecule is CC(C)(C)OC(=O)N[C@@H](CC(CN=N)SSC(C)(C)C)C(=O)O. The minimum absolute atomic E-state index is 0.00224. The molecule has 1 amide bonds. The van der Waals surface area contributed by atoms with Crippen LogP contribution in [0.2, 0.25) is 0 Å². The smallest absolute Gasteiger partial charge is 0.408 e. The van der Waals surface area contributed by atoms with Gasteiger partial charge in [0.2, 0.25) is 0 Å². The van der Waals surface area contributed by atoms with Crippen molar-refractivity contribution < 1.29 is 19.4 Å². The van der Waals surface area contributed by atoms with Crippen LogP contribution in [0.3, 0.4) is 0 Å². The van der Waals surface area contributed by atoms with Crippen LogP contribution >= 0.6 is 21.6 Å². The number of ether oxygens (including phenoxy) is 1. The van der Waals surface area contributed by atoms with Crippen LogP contribution in [0.1, 0.15) is 48.0 Å². The number of nitrogens with one attached hydrogen (secondary N) is 2. The van der Waals surface area contributed by atoms with Gasteiger partial charge < -0.3 is 15.2 Å². The number of amides is 1. The standard InChI is InChI=1S/C14H27N3O4S2/c1-13(2,3)21-12(20)17-10(11(18)19)7-9(8-16-15)22-23-14(4,5)6/h9-10,15H,7-8H2,1-6H3,(H,17,20)(H,18,19)/t9?,10-/m0/s1. The highest BCUT2D eigenvalue weighted by atomic mass is 33.1. The largest absolute Gasteiger partial charge is 0.480 e. The average molecular weight is 366 g/mol. The van der Waals surface area contributed by atoms with E-state index in [2.05, 4.69) is 10.4 Å². The number of nitrogens with zero attached hydrogens (tertiary/aromatic N) is 1. The first kappa shape index (κ1) is 22.0. The Morgan fingerprint density at radius 2 is 1.83 bits per heavy atom. The molecule has 0 aliphatic heterocycles. The monoisotopic (exact) mass is 365 g/mol. The number of hydrogen-bond donors (Lipinski definition) is 3. The summed E-state index contributed by atoms with van der Waals surface area (Å²) in [6.07, 6.45) is -0.593. The molecule has 0 spiro atoms. The molecule has 0 aromatic carbocycles. The minimum Gasteiger partial charge on any atom is -0.480 e. The van der Waals surface area contributed by atoms with Crippen LogP contribution in [0.5, 0.6) is 0 Å². The van der Waals surface area contributed by atoms with Crippen LogP contribution in [0.25, 0.3) is 0 Å². The second kappa shape index (κ2) is 9.36. The van der Waals surface area contributed by atoms with Gasteiger partial charge in [-0.05, 0) is 27.2 Å². The normalized spacial score (nSPS) is 14.7. The number of carboxylic acid groups (broad SMARTS) is 1. The predicted octanol–water partition coefficient (Wildman–Crippen LogP) is 3.93. The molecule has 0 aliphatic rings. The van der Waals surface area contributed by atoms with E-state index >= 15 is 0 Å². The fourth-order valence-electron chi connectivity index (χ4n) is 1.39. The van der Waals surface area contributed by atoms with Gasteiger partial charge in [0.25, 0.3) is 0 Å². The maximum absolute atomic E-state index is 11.8. The van der Waals surface area contributed by atoms with Crippen LogP contribution in [-0.4, -0.2) is 45.4 Å². The fraction of sp³-hybridized carbons (Fsp3) is 0.857. The second-order valence-corrected chi connectivity index (χ2v) is 10.4. The van der Waals surface area contributed by atoms with Gasteiger partial charge in [-0.15, -0.1) is 0 Å². The molecule has 0 aromatic heterocycles. The number of aliphatic carboxylic acids is 1. The Balaban J connectivity index is 4.76. The van der Waals surface area contributed by atoms with Crippen molar-refractivity contribution in [3.8, 4) is 0 Å². The van der Waals surface area contributed by atoms with Crippen LogP contribution in [-0.2, 0) is 9.53 Å². The van der Waals surface area contributed by atoms with Gasteiger partial charge in [0, 0.05) is 10.00 Å².